The van der Waals surface area contributed by atoms with Gasteiger partial charge in [-0.15, -0.1) is 0 Å². The molecule has 0 amide bonds. The summed E-state index contributed by atoms with van der Waals surface area (Å²) in [4.78, 5) is 11.2. The number of hydrogen-bond donors (Lipinski definition) is 1. The molecule has 1 N–H and O–H groups in total. The Balaban J connectivity index is 2.86. The molecule has 4 nitrogen and oxygen atoms in total. The van der Waals surface area contributed by atoms with Gasteiger partial charge in [-0.05, 0) is 50.5 Å². The van der Waals surface area contributed by atoms with Crippen LogP contribution in [0.25, 0.3) is 0 Å². The SMILES string of the molecule is CCNc1nc(CCN(C)C)nc(C)c1I. The summed E-state index contributed by atoms with van der Waals surface area (Å²) in [5.41, 5.74) is 1.06. The average Bonchev–Trinajstić information content (AvgIpc) is 2.22. The third kappa shape index (κ3) is 3.86. The Morgan fingerprint density at radius 1 is 1.31 bits per heavy atom. The second-order valence-corrected chi connectivity index (χ2v) is 5.05. The van der Waals surface area contributed by atoms with Gasteiger partial charge in [0.25, 0.3) is 0 Å². The summed E-state index contributed by atoms with van der Waals surface area (Å²) in [5.74, 6) is 1.88. The van der Waals surface area contributed by atoms with Crippen molar-refractivity contribution in [2.24, 2.45) is 0 Å². The molecule has 16 heavy (non-hydrogen) atoms. The Labute approximate surface area is 111 Å². The highest BCUT2D eigenvalue weighted by molar-refractivity contribution is 14.1. The summed E-state index contributed by atoms with van der Waals surface area (Å²) in [6, 6.07) is 0. The van der Waals surface area contributed by atoms with Gasteiger partial charge >= 0.3 is 0 Å². The molecular formula is C11H19IN4. The number of nitrogens with zero attached hydrogens (tertiary/aromatic N) is 3. The van der Waals surface area contributed by atoms with E-state index in [9.17, 15) is 0 Å². The number of aryl methyl sites for hydroxylation is 1. The Morgan fingerprint density at radius 2 is 2.00 bits per heavy atom. The van der Waals surface area contributed by atoms with Gasteiger partial charge in [0.2, 0.25) is 0 Å². The zero-order valence-corrected chi connectivity index (χ0v) is 12.5. The maximum Gasteiger partial charge on any atom is 0.143 e. The molecule has 0 aromatic carbocycles. The van der Waals surface area contributed by atoms with Crippen LogP contribution in [0.4, 0.5) is 5.82 Å². The van der Waals surface area contributed by atoms with E-state index in [-0.39, 0.29) is 0 Å². The van der Waals surface area contributed by atoms with E-state index >= 15 is 0 Å². The first-order valence-electron chi connectivity index (χ1n) is 5.46. The van der Waals surface area contributed by atoms with Crippen molar-refractivity contribution in [3.63, 3.8) is 0 Å². The number of aromatic nitrogens is 2. The van der Waals surface area contributed by atoms with E-state index in [0.29, 0.717) is 0 Å². The highest BCUT2D eigenvalue weighted by atomic mass is 127. The Hall–Kier alpha value is -0.430. The topological polar surface area (TPSA) is 41.1 Å². The minimum Gasteiger partial charge on any atom is -0.369 e. The smallest absolute Gasteiger partial charge is 0.143 e. The average molecular weight is 334 g/mol. The molecule has 0 unspecified atom stereocenters. The van der Waals surface area contributed by atoms with E-state index in [0.717, 1.165) is 40.4 Å². The summed E-state index contributed by atoms with van der Waals surface area (Å²) < 4.78 is 1.12. The number of hydrogen-bond acceptors (Lipinski definition) is 4. The van der Waals surface area contributed by atoms with Crippen LogP contribution in [0.2, 0.25) is 0 Å². The molecule has 0 saturated carbocycles. The van der Waals surface area contributed by atoms with Gasteiger partial charge < -0.3 is 10.2 Å². The van der Waals surface area contributed by atoms with Crippen LogP contribution in [-0.4, -0.2) is 42.1 Å². The molecule has 0 bridgehead atoms. The third-order valence-corrected chi connectivity index (χ3v) is 3.48. The second kappa shape index (κ2) is 6.34. The highest BCUT2D eigenvalue weighted by Gasteiger charge is 2.08. The van der Waals surface area contributed by atoms with Gasteiger partial charge in [-0.2, -0.15) is 0 Å². The molecule has 0 saturated heterocycles. The summed E-state index contributed by atoms with van der Waals surface area (Å²) in [6.07, 6.45) is 0.892. The molecule has 1 heterocycles. The molecule has 0 aliphatic heterocycles. The Bertz CT molecular complexity index is 352. The molecule has 1 aromatic rings. The zero-order chi connectivity index (χ0) is 12.1. The molecule has 0 fully saturated rings. The van der Waals surface area contributed by atoms with E-state index in [1.54, 1.807) is 0 Å². The van der Waals surface area contributed by atoms with Crippen molar-refractivity contribution >= 4 is 28.4 Å². The molecule has 0 spiro atoms. The molecule has 0 atom stereocenters. The van der Waals surface area contributed by atoms with Crippen molar-refractivity contribution in [1.29, 1.82) is 0 Å². The molecule has 0 aliphatic carbocycles. The first kappa shape index (κ1) is 13.6. The van der Waals surface area contributed by atoms with Gasteiger partial charge in [0.1, 0.15) is 11.6 Å². The van der Waals surface area contributed by atoms with Crippen LogP contribution in [0.5, 0.6) is 0 Å². The third-order valence-electron chi connectivity index (χ3n) is 2.19. The lowest BCUT2D eigenvalue weighted by molar-refractivity contribution is 0.409. The monoisotopic (exact) mass is 334 g/mol. The number of halogens is 1. The van der Waals surface area contributed by atoms with Gasteiger partial charge in [0.05, 0.1) is 9.26 Å². The van der Waals surface area contributed by atoms with Crippen molar-refractivity contribution in [2.75, 3.05) is 32.5 Å². The van der Waals surface area contributed by atoms with Crippen molar-refractivity contribution in [3.05, 3.63) is 15.1 Å². The zero-order valence-electron chi connectivity index (χ0n) is 10.3. The fourth-order valence-corrected chi connectivity index (χ4v) is 1.77. The lowest BCUT2D eigenvalue weighted by Crippen LogP contribution is -2.17. The number of likely N-dealkylation sites (N-methyl/N-ethyl adjacent to an activating group) is 1. The van der Waals surface area contributed by atoms with Crippen LogP contribution < -0.4 is 5.32 Å². The molecule has 5 heteroatoms. The quantitative estimate of drug-likeness (QED) is 0.836. The lowest BCUT2D eigenvalue weighted by atomic mass is 10.3. The van der Waals surface area contributed by atoms with E-state index in [2.05, 4.69) is 63.8 Å². The van der Waals surface area contributed by atoms with Gasteiger partial charge in [-0.3, -0.25) is 0 Å². The first-order chi connectivity index (χ1) is 7.54. The van der Waals surface area contributed by atoms with Crippen LogP contribution >= 0.6 is 22.6 Å². The van der Waals surface area contributed by atoms with E-state index in [4.69, 9.17) is 0 Å². The molecule has 1 aromatic heterocycles. The number of nitrogens with one attached hydrogen (secondary N) is 1. The van der Waals surface area contributed by atoms with Crippen LogP contribution in [0.3, 0.4) is 0 Å². The fourth-order valence-electron chi connectivity index (χ4n) is 1.34. The van der Waals surface area contributed by atoms with Gasteiger partial charge in [-0.25, -0.2) is 9.97 Å². The van der Waals surface area contributed by atoms with Crippen molar-refractivity contribution in [1.82, 2.24) is 14.9 Å². The predicted molar refractivity (Wildman–Crippen MR) is 75.9 cm³/mol. The Kier molecular flexibility index (Phi) is 5.40. The van der Waals surface area contributed by atoms with Crippen molar-refractivity contribution in [3.8, 4) is 0 Å². The maximum absolute atomic E-state index is 4.54. The standard InChI is InChI=1S/C11H19IN4/c1-5-13-11-10(12)8(2)14-9(15-11)6-7-16(3)4/h5-7H2,1-4H3,(H,13,14,15). The predicted octanol–water partition coefficient (Wildman–Crippen LogP) is 1.93. The summed E-state index contributed by atoms with van der Waals surface area (Å²) in [7, 11) is 4.12. The van der Waals surface area contributed by atoms with Crippen LogP contribution in [0.1, 0.15) is 18.4 Å². The minimum absolute atomic E-state index is 0.888. The molecule has 0 aliphatic rings. The van der Waals surface area contributed by atoms with E-state index < -0.39 is 0 Å². The molecule has 90 valence electrons. The largest absolute Gasteiger partial charge is 0.369 e. The van der Waals surface area contributed by atoms with E-state index in [1.165, 1.54) is 0 Å². The highest BCUT2D eigenvalue weighted by Crippen LogP contribution is 2.18. The van der Waals surface area contributed by atoms with E-state index in [1.807, 2.05) is 6.92 Å². The Morgan fingerprint density at radius 3 is 2.56 bits per heavy atom. The van der Waals surface area contributed by atoms with Gasteiger partial charge in [0.15, 0.2) is 0 Å². The van der Waals surface area contributed by atoms with Crippen molar-refractivity contribution < 1.29 is 0 Å². The molecular weight excluding hydrogens is 315 g/mol. The summed E-state index contributed by atoms with van der Waals surface area (Å²) >= 11 is 2.29. The maximum atomic E-state index is 4.54. The lowest BCUT2D eigenvalue weighted by Gasteiger charge is -2.12. The minimum atomic E-state index is 0.888. The molecule has 1 rings (SSSR count). The number of rotatable bonds is 5. The fraction of sp³-hybridized carbons (Fsp3) is 0.636. The van der Waals surface area contributed by atoms with Crippen LogP contribution in [-0.2, 0) is 6.42 Å². The summed E-state index contributed by atoms with van der Waals surface area (Å²) in [5, 5.41) is 3.27. The van der Waals surface area contributed by atoms with Crippen LogP contribution in [0.15, 0.2) is 0 Å². The van der Waals surface area contributed by atoms with Crippen molar-refractivity contribution in [2.45, 2.75) is 20.3 Å². The summed E-state index contributed by atoms with van der Waals surface area (Å²) in [6.45, 7) is 5.97. The normalized spacial score (nSPS) is 10.9. The first-order valence-corrected chi connectivity index (χ1v) is 6.54. The second-order valence-electron chi connectivity index (χ2n) is 3.97. The van der Waals surface area contributed by atoms with Gasteiger partial charge in [0, 0.05) is 19.5 Å². The van der Waals surface area contributed by atoms with Crippen LogP contribution in [0, 0.1) is 10.5 Å². The van der Waals surface area contributed by atoms with Gasteiger partial charge in [-0.1, -0.05) is 0 Å². The number of anilines is 1. The molecule has 0 radical (unpaired) electrons.